The normalized spacial score (nSPS) is 16.0. The van der Waals surface area contributed by atoms with Gasteiger partial charge >= 0.3 is 0 Å². The maximum atomic E-state index is 9.50. The lowest BCUT2D eigenvalue weighted by Gasteiger charge is -2.23. The number of fused-ring (bicyclic) bond motifs is 1. The van der Waals surface area contributed by atoms with Crippen LogP contribution < -0.4 is 10.1 Å². The molecule has 2 aromatic carbocycles. The van der Waals surface area contributed by atoms with E-state index in [4.69, 9.17) is 21.3 Å². The van der Waals surface area contributed by atoms with Crippen molar-refractivity contribution in [1.82, 2.24) is 24.6 Å². The van der Waals surface area contributed by atoms with Crippen LogP contribution >= 0.6 is 11.6 Å². The van der Waals surface area contributed by atoms with Crippen LogP contribution in [0.25, 0.3) is 5.69 Å². The molecular weight excluding hydrogens is 440 g/mol. The number of aliphatic hydroxyl groups excluding tert-OH is 1. The van der Waals surface area contributed by atoms with Crippen molar-refractivity contribution in [1.29, 1.82) is 0 Å². The number of aromatic nitrogens is 4. The topological polar surface area (TPSA) is 88.3 Å². The summed E-state index contributed by atoms with van der Waals surface area (Å²) >= 11 is 6.46. The number of hydrogen-bond acceptors (Lipinski definition) is 7. The third kappa shape index (κ3) is 4.83. The fourth-order valence-corrected chi connectivity index (χ4v) is 4.14. The Balaban J connectivity index is 1.40. The Morgan fingerprint density at radius 3 is 2.76 bits per heavy atom. The molecule has 2 aromatic heterocycles. The van der Waals surface area contributed by atoms with E-state index in [-0.39, 0.29) is 12.7 Å². The third-order valence-corrected chi connectivity index (χ3v) is 5.79. The molecule has 0 fully saturated rings. The molecule has 1 aliphatic rings. The number of halogens is 1. The average molecular weight is 463 g/mol. The van der Waals surface area contributed by atoms with E-state index in [9.17, 15) is 5.11 Å². The average Bonchev–Trinajstić information content (AvgIpc) is 3.29. The van der Waals surface area contributed by atoms with Crippen molar-refractivity contribution >= 4 is 23.1 Å². The molecule has 168 valence electrons. The summed E-state index contributed by atoms with van der Waals surface area (Å²) in [6, 6.07) is 19.6. The van der Waals surface area contributed by atoms with E-state index in [2.05, 4.69) is 20.3 Å². The van der Waals surface area contributed by atoms with Crippen LogP contribution in [0.3, 0.4) is 0 Å². The SMILES string of the molecule is OCCN1Cc2ccc(Nc3ccc(-n4cncn4)c(Cl)c3)nc2O[C@H](c2ccccc2)C1. The van der Waals surface area contributed by atoms with E-state index in [1.807, 2.05) is 60.7 Å². The monoisotopic (exact) mass is 462 g/mol. The number of benzene rings is 2. The highest BCUT2D eigenvalue weighted by molar-refractivity contribution is 6.32. The molecular formula is C24H23ClN6O2. The van der Waals surface area contributed by atoms with Crippen LogP contribution in [0.5, 0.6) is 5.88 Å². The van der Waals surface area contributed by atoms with Crippen molar-refractivity contribution in [2.45, 2.75) is 12.6 Å². The van der Waals surface area contributed by atoms with Gasteiger partial charge < -0.3 is 15.2 Å². The fourth-order valence-electron chi connectivity index (χ4n) is 3.88. The van der Waals surface area contributed by atoms with E-state index in [1.165, 1.54) is 6.33 Å². The van der Waals surface area contributed by atoms with Gasteiger partial charge in [-0.1, -0.05) is 41.9 Å². The second kappa shape index (κ2) is 9.58. The molecule has 0 saturated heterocycles. The maximum Gasteiger partial charge on any atom is 0.220 e. The zero-order valence-electron chi connectivity index (χ0n) is 17.8. The van der Waals surface area contributed by atoms with E-state index in [0.717, 1.165) is 22.5 Å². The minimum atomic E-state index is -0.182. The van der Waals surface area contributed by atoms with Crippen molar-refractivity contribution in [3.8, 4) is 11.6 Å². The van der Waals surface area contributed by atoms with E-state index >= 15 is 0 Å². The summed E-state index contributed by atoms with van der Waals surface area (Å²) in [6.07, 6.45) is 2.88. The van der Waals surface area contributed by atoms with Gasteiger partial charge in [-0.3, -0.25) is 4.90 Å². The van der Waals surface area contributed by atoms with Gasteiger partial charge in [0.25, 0.3) is 0 Å². The molecule has 0 radical (unpaired) electrons. The van der Waals surface area contributed by atoms with Gasteiger partial charge in [0.15, 0.2) is 0 Å². The Labute approximate surface area is 196 Å². The summed E-state index contributed by atoms with van der Waals surface area (Å²) in [4.78, 5) is 10.9. The van der Waals surface area contributed by atoms with Crippen molar-refractivity contribution in [3.05, 3.63) is 89.5 Å². The summed E-state index contributed by atoms with van der Waals surface area (Å²) in [7, 11) is 0. The van der Waals surface area contributed by atoms with Gasteiger partial charge in [-0.15, -0.1) is 0 Å². The Kier molecular flexibility index (Phi) is 6.21. The number of β-amino-alcohol motifs (C(OH)–C–C–N with tert-alkyl or cyclic N) is 1. The molecule has 8 nitrogen and oxygen atoms in total. The van der Waals surface area contributed by atoms with Gasteiger partial charge in [-0.05, 0) is 35.9 Å². The predicted octanol–water partition coefficient (Wildman–Crippen LogP) is 3.99. The van der Waals surface area contributed by atoms with Gasteiger partial charge in [0.1, 0.15) is 24.6 Å². The van der Waals surface area contributed by atoms with E-state index in [1.54, 1.807) is 11.0 Å². The van der Waals surface area contributed by atoms with E-state index < -0.39 is 0 Å². The Hall–Kier alpha value is -3.46. The van der Waals surface area contributed by atoms with Gasteiger partial charge in [0.2, 0.25) is 5.88 Å². The summed E-state index contributed by atoms with van der Waals surface area (Å²) in [5.41, 5.74) is 3.59. The molecule has 0 saturated carbocycles. The number of ether oxygens (including phenoxy) is 1. The van der Waals surface area contributed by atoms with Gasteiger partial charge in [0.05, 0.1) is 17.3 Å². The molecule has 0 amide bonds. The highest BCUT2D eigenvalue weighted by Gasteiger charge is 2.25. The zero-order valence-corrected chi connectivity index (χ0v) is 18.6. The van der Waals surface area contributed by atoms with Crippen LogP contribution in [-0.2, 0) is 6.54 Å². The quantitative estimate of drug-likeness (QED) is 0.448. The maximum absolute atomic E-state index is 9.50. The fraction of sp³-hybridized carbons (Fsp3) is 0.208. The number of nitrogens with zero attached hydrogens (tertiary/aromatic N) is 5. The highest BCUT2D eigenvalue weighted by Crippen LogP contribution is 2.32. The molecule has 0 spiro atoms. The van der Waals surface area contributed by atoms with Gasteiger partial charge in [-0.25, -0.2) is 9.67 Å². The first-order chi connectivity index (χ1) is 16.2. The minimum absolute atomic E-state index is 0.0925. The largest absolute Gasteiger partial charge is 0.468 e. The standard InChI is InChI=1S/C24H23ClN6O2/c25-20-12-19(7-8-21(20)31-16-26-15-27-31)28-23-9-6-18-13-30(10-11-32)14-22(33-24(18)29-23)17-4-2-1-3-5-17/h1-9,12,15-16,22,32H,10-11,13-14H2,(H,28,29)/t22-/m0/s1. The number of hydrogen-bond donors (Lipinski definition) is 2. The summed E-state index contributed by atoms with van der Waals surface area (Å²) in [5, 5.41) is 17.5. The molecule has 0 unspecified atom stereocenters. The lowest BCUT2D eigenvalue weighted by Crippen LogP contribution is -2.30. The molecule has 1 atom stereocenters. The first kappa shape index (κ1) is 21.4. The zero-order chi connectivity index (χ0) is 22.6. The van der Waals surface area contributed by atoms with Gasteiger partial charge in [-0.2, -0.15) is 10.1 Å². The van der Waals surface area contributed by atoms with Crippen molar-refractivity contribution < 1.29 is 9.84 Å². The summed E-state index contributed by atoms with van der Waals surface area (Å²) in [6.45, 7) is 1.99. The number of nitrogens with one attached hydrogen (secondary N) is 1. The van der Waals surface area contributed by atoms with Gasteiger partial charge in [0, 0.05) is 30.9 Å². The van der Waals surface area contributed by atoms with Crippen LogP contribution in [0.1, 0.15) is 17.2 Å². The first-order valence-electron chi connectivity index (χ1n) is 10.7. The molecule has 5 rings (SSSR count). The predicted molar refractivity (Wildman–Crippen MR) is 126 cm³/mol. The second-order valence-electron chi connectivity index (χ2n) is 7.77. The van der Waals surface area contributed by atoms with E-state index in [0.29, 0.717) is 36.4 Å². The van der Waals surface area contributed by atoms with Crippen LogP contribution in [0.2, 0.25) is 5.02 Å². The number of aliphatic hydroxyl groups is 1. The molecule has 2 N–H and O–H groups in total. The highest BCUT2D eigenvalue weighted by atomic mass is 35.5. The van der Waals surface area contributed by atoms with Crippen LogP contribution in [0.4, 0.5) is 11.5 Å². The summed E-state index contributed by atoms with van der Waals surface area (Å²) < 4.78 is 7.98. The van der Waals surface area contributed by atoms with Crippen LogP contribution in [-0.4, -0.2) is 49.5 Å². The van der Waals surface area contributed by atoms with Crippen molar-refractivity contribution in [2.24, 2.45) is 0 Å². The molecule has 0 aliphatic carbocycles. The lowest BCUT2D eigenvalue weighted by molar-refractivity contribution is 0.126. The Morgan fingerprint density at radius 1 is 1.12 bits per heavy atom. The molecule has 1 aliphatic heterocycles. The Morgan fingerprint density at radius 2 is 2.00 bits per heavy atom. The summed E-state index contributed by atoms with van der Waals surface area (Å²) in [5.74, 6) is 1.24. The molecule has 3 heterocycles. The smallest absolute Gasteiger partial charge is 0.220 e. The molecule has 9 heteroatoms. The lowest BCUT2D eigenvalue weighted by atomic mass is 10.1. The van der Waals surface area contributed by atoms with Crippen LogP contribution in [0.15, 0.2) is 73.3 Å². The molecule has 0 bridgehead atoms. The second-order valence-corrected chi connectivity index (χ2v) is 8.18. The number of pyridine rings is 1. The minimum Gasteiger partial charge on any atom is -0.468 e. The number of anilines is 2. The van der Waals surface area contributed by atoms with Crippen molar-refractivity contribution in [2.75, 3.05) is 25.0 Å². The van der Waals surface area contributed by atoms with Crippen LogP contribution in [0, 0.1) is 0 Å². The number of rotatable bonds is 6. The third-order valence-electron chi connectivity index (χ3n) is 5.48. The van der Waals surface area contributed by atoms with Crippen molar-refractivity contribution in [3.63, 3.8) is 0 Å². The molecule has 4 aromatic rings. The Bertz CT molecular complexity index is 1220. The molecule has 33 heavy (non-hydrogen) atoms. The first-order valence-corrected chi connectivity index (χ1v) is 11.0.